The number of hydrogen-bond acceptors (Lipinski definition) is 3. The molecule has 0 fully saturated rings. The molecule has 1 aliphatic heterocycles. The normalized spacial score (nSPS) is 20.4. The number of aromatic nitrogens is 1. The Bertz CT molecular complexity index is 354. The van der Waals surface area contributed by atoms with Crippen molar-refractivity contribution < 1.29 is 0 Å². The highest BCUT2D eigenvalue weighted by Gasteiger charge is 2.11. The summed E-state index contributed by atoms with van der Waals surface area (Å²) in [6.07, 6.45) is 8.54. The lowest BCUT2D eigenvalue weighted by atomic mass is 10.1. The molecule has 0 aromatic carbocycles. The maximum Gasteiger partial charge on any atom is 0.109 e. The molecule has 1 aromatic heterocycles. The van der Waals surface area contributed by atoms with Crippen molar-refractivity contribution in [1.82, 2.24) is 4.98 Å². The predicted octanol–water partition coefficient (Wildman–Crippen LogP) is 2.45. The molecule has 0 spiro atoms. The third-order valence-electron chi connectivity index (χ3n) is 2.21. The first-order chi connectivity index (χ1) is 6.86. The van der Waals surface area contributed by atoms with Crippen molar-refractivity contribution in [1.29, 1.82) is 0 Å². The fourth-order valence-electron chi connectivity index (χ4n) is 1.38. The highest BCUT2D eigenvalue weighted by atomic mass is 15.0. The van der Waals surface area contributed by atoms with E-state index in [0.717, 1.165) is 17.9 Å². The topological polar surface area (TPSA) is 37.3 Å². The molecule has 0 radical (unpaired) electrons. The molecule has 1 unspecified atom stereocenters. The number of nitrogens with one attached hydrogen (secondary N) is 1. The van der Waals surface area contributed by atoms with Gasteiger partial charge in [0.1, 0.15) is 5.84 Å². The number of hydrogen-bond donors (Lipinski definition) is 1. The van der Waals surface area contributed by atoms with Gasteiger partial charge in [0.25, 0.3) is 0 Å². The fraction of sp³-hybridized carbons (Fsp3) is 0.273. The molecule has 1 aliphatic rings. The first-order valence-corrected chi connectivity index (χ1v) is 4.76. The average molecular weight is 187 g/mol. The number of allylic oxidation sites excluding steroid dienone is 1. The van der Waals surface area contributed by atoms with Crippen LogP contribution in [-0.4, -0.2) is 10.8 Å². The van der Waals surface area contributed by atoms with Gasteiger partial charge in [0, 0.05) is 18.3 Å². The molecule has 1 atom stereocenters. The number of anilines is 1. The van der Waals surface area contributed by atoms with Crippen molar-refractivity contribution in [2.75, 3.05) is 5.32 Å². The Hall–Kier alpha value is -1.64. The van der Waals surface area contributed by atoms with E-state index in [1.165, 1.54) is 0 Å². The van der Waals surface area contributed by atoms with Crippen molar-refractivity contribution in [2.45, 2.75) is 13.3 Å². The van der Waals surface area contributed by atoms with Gasteiger partial charge in [-0.1, -0.05) is 13.0 Å². The number of amidine groups is 1. The third-order valence-corrected chi connectivity index (χ3v) is 2.21. The third kappa shape index (κ3) is 1.99. The summed E-state index contributed by atoms with van der Waals surface area (Å²) in [6.45, 7) is 2.16. The van der Waals surface area contributed by atoms with Gasteiger partial charge in [-0.3, -0.25) is 4.98 Å². The lowest BCUT2D eigenvalue weighted by molar-refractivity contribution is 0.774. The minimum atomic E-state index is 0.459. The molecule has 0 amide bonds. The van der Waals surface area contributed by atoms with Gasteiger partial charge in [-0.25, -0.2) is 4.99 Å². The first-order valence-electron chi connectivity index (χ1n) is 4.76. The van der Waals surface area contributed by atoms with E-state index in [1.54, 1.807) is 12.4 Å². The smallest absolute Gasteiger partial charge is 0.109 e. The van der Waals surface area contributed by atoms with Crippen LogP contribution < -0.4 is 5.32 Å². The summed E-state index contributed by atoms with van der Waals surface area (Å²) >= 11 is 0. The Balaban J connectivity index is 2.11. The SMILES string of the molecule is CC1CC=CN=C1Nc1cccnc1. The summed E-state index contributed by atoms with van der Waals surface area (Å²) in [5.41, 5.74) is 0.994. The van der Waals surface area contributed by atoms with Crippen LogP contribution in [0.2, 0.25) is 0 Å². The van der Waals surface area contributed by atoms with Gasteiger partial charge < -0.3 is 5.32 Å². The molecule has 3 heteroatoms. The van der Waals surface area contributed by atoms with E-state index in [4.69, 9.17) is 0 Å². The second-order valence-corrected chi connectivity index (χ2v) is 3.40. The van der Waals surface area contributed by atoms with Crippen LogP contribution in [0.15, 0.2) is 41.8 Å². The van der Waals surface area contributed by atoms with Crippen molar-refractivity contribution in [3.05, 3.63) is 36.8 Å². The van der Waals surface area contributed by atoms with E-state index in [2.05, 4.69) is 28.3 Å². The van der Waals surface area contributed by atoms with Gasteiger partial charge >= 0.3 is 0 Å². The summed E-state index contributed by atoms with van der Waals surface area (Å²) in [4.78, 5) is 8.34. The van der Waals surface area contributed by atoms with Crippen molar-refractivity contribution in [2.24, 2.45) is 10.9 Å². The Kier molecular flexibility index (Phi) is 2.58. The van der Waals surface area contributed by atoms with Crippen molar-refractivity contribution in [3.8, 4) is 0 Å². The van der Waals surface area contributed by atoms with Crippen LogP contribution in [0.3, 0.4) is 0 Å². The van der Waals surface area contributed by atoms with E-state index in [0.29, 0.717) is 5.92 Å². The zero-order chi connectivity index (χ0) is 9.80. The van der Waals surface area contributed by atoms with E-state index in [1.807, 2.05) is 18.3 Å². The van der Waals surface area contributed by atoms with E-state index in [-0.39, 0.29) is 0 Å². The van der Waals surface area contributed by atoms with E-state index in [9.17, 15) is 0 Å². The number of aliphatic imine (C=N–C) groups is 1. The number of pyridine rings is 1. The van der Waals surface area contributed by atoms with E-state index < -0.39 is 0 Å². The molecule has 1 N–H and O–H groups in total. The predicted molar refractivity (Wildman–Crippen MR) is 58.2 cm³/mol. The molecular formula is C11H13N3. The molecule has 0 bridgehead atoms. The summed E-state index contributed by atoms with van der Waals surface area (Å²) < 4.78 is 0. The largest absolute Gasteiger partial charge is 0.342 e. The van der Waals surface area contributed by atoms with Gasteiger partial charge in [-0.05, 0) is 18.6 Å². The Morgan fingerprint density at radius 1 is 1.50 bits per heavy atom. The Morgan fingerprint density at radius 3 is 3.14 bits per heavy atom. The second-order valence-electron chi connectivity index (χ2n) is 3.40. The van der Waals surface area contributed by atoms with Crippen LogP contribution in [0, 0.1) is 5.92 Å². The minimum Gasteiger partial charge on any atom is -0.342 e. The molecule has 14 heavy (non-hydrogen) atoms. The molecule has 3 nitrogen and oxygen atoms in total. The molecule has 0 aliphatic carbocycles. The lowest BCUT2D eigenvalue weighted by Crippen LogP contribution is -2.21. The van der Waals surface area contributed by atoms with Crippen LogP contribution in [0.4, 0.5) is 5.69 Å². The molecule has 0 saturated heterocycles. The zero-order valence-electron chi connectivity index (χ0n) is 8.14. The first kappa shape index (κ1) is 8.94. The van der Waals surface area contributed by atoms with Crippen LogP contribution in [0.1, 0.15) is 13.3 Å². The van der Waals surface area contributed by atoms with Crippen LogP contribution in [0.5, 0.6) is 0 Å². The number of rotatable bonds is 1. The lowest BCUT2D eigenvalue weighted by Gasteiger charge is -2.16. The van der Waals surface area contributed by atoms with E-state index >= 15 is 0 Å². The summed E-state index contributed by atoms with van der Waals surface area (Å²) in [5, 5.41) is 3.27. The summed E-state index contributed by atoms with van der Waals surface area (Å²) in [6, 6.07) is 3.90. The molecule has 2 rings (SSSR count). The zero-order valence-corrected chi connectivity index (χ0v) is 8.14. The van der Waals surface area contributed by atoms with Gasteiger partial charge in [-0.15, -0.1) is 0 Å². The Morgan fingerprint density at radius 2 is 2.43 bits per heavy atom. The van der Waals surface area contributed by atoms with Crippen molar-refractivity contribution in [3.63, 3.8) is 0 Å². The second kappa shape index (κ2) is 4.05. The minimum absolute atomic E-state index is 0.459. The van der Waals surface area contributed by atoms with Crippen LogP contribution in [-0.2, 0) is 0 Å². The van der Waals surface area contributed by atoms with Crippen molar-refractivity contribution >= 4 is 11.5 Å². The Labute approximate surface area is 83.6 Å². The molecular weight excluding hydrogens is 174 g/mol. The van der Waals surface area contributed by atoms with Crippen LogP contribution >= 0.6 is 0 Å². The maximum atomic E-state index is 4.30. The van der Waals surface area contributed by atoms with Crippen LogP contribution in [0.25, 0.3) is 0 Å². The van der Waals surface area contributed by atoms with Gasteiger partial charge in [0.15, 0.2) is 0 Å². The highest BCUT2D eigenvalue weighted by Crippen LogP contribution is 2.14. The van der Waals surface area contributed by atoms with Gasteiger partial charge in [0.2, 0.25) is 0 Å². The molecule has 1 aromatic rings. The quantitative estimate of drug-likeness (QED) is 0.733. The molecule has 72 valence electrons. The average Bonchev–Trinajstić information content (AvgIpc) is 2.23. The summed E-state index contributed by atoms with van der Waals surface area (Å²) in [5.74, 6) is 1.47. The van der Waals surface area contributed by atoms with Gasteiger partial charge in [-0.2, -0.15) is 0 Å². The highest BCUT2D eigenvalue weighted by molar-refractivity contribution is 5.97. The standard InChI is InChI=1S/C11H13N3/c1-9-4-2-7-13-11(9)14-10-5-3-6-12-8-10/h2-3,5-9H,4H2,1H3,(H,13,14). The molecule has 2 heterocycles. The molecule has 0 saturated carbocycles. The monoisotopic (exact) mass is 187 g/mol. The van der Waals surface area contributed by atoms with Gasteiger partial charge in [0.05, 0.1) is 11.9 Å². The number of nitrogens with zero attached hydrogens (tertiary/aromatic N) is 2. The fourth-order valence-corrected chi connectivity index (χ4v) is 1.38. The summed E-state index contributed by atoms with van der Waals surface area (Å²) in [7, 11) is 0. The maximum absolute atomic E-state index is 4.30.